The molecule has 30 heavy (non-hydrogen) atoms. The van der Waals surface area contributed by atoms with Crippen molar-refractivity contribution in [2.45, 2.75) is 39.3 Å². The first-order valence-electron chi connectivity index (χ1n) is 10.5. The number of hydrogen-bond donors (Lipinski definition) is 0. The van der Waals surface area contributed by atoms with Crippen molar-refractivity contribution in [3.05, 3.63) is 102 Å². The van der Waals surface area contributed by atoms with Crippen LogP contribution in [0.3, 0.4) is 0 Å². The number of pyridine rings is 1. The predicted octanol–water partition coefficient (Wildman–Crippen LogP) is 6.30. The third-order valence-electron chi connectivity index (χ3n) is 5.57. The van der Waals surface area contributed by atoms with Crippen LogP contribution in [0.1, 0.15) is 22.5 Å². The van der Waals surface area contributed by atoms with E-state index in [0.717, 1.165) is 33.7 Å². The number of benzene rings is 2. The minimum atomic E-state index is -1.30. The molecule has 154 valence electrons. The topological polar surface area (TPSA) is 12.9 Å². The van der Waals surface area contributed by atoms with Gasteiger partial charge in [-0.3, -0.25) is 0 Å². The van der Waals surface area contributed by atoms with E-state index < -0.39 is 16.1 Å². The number of aromatic nitrogens is 1. The molecule has 0 radical (unpaired) electrons. The first kappa shape index (κ1) is 22.2. The Kier molecular flexibility index (Phi) is 6.16. The van der Waals surface area contributed by atoms with Gasteiger partial charge in [0.1, 0.15) is 0 Å². The second kappa shape index (κ2) is 8.33. The van der Waals surface area contributed by atoms with E-state index in [1.165, 1.54) is 10.4 Å². The summed E-state index contributed by atoms with van der Waals surface area (Å²) in [5, 5.41) is 2.91. The zero-order valence-corrected chi connectivity index (χ0v) is 21.2. The zero-order chi connectivity index (χ0) is 22.1. The van der Waals surface area contributed by atoms with Crippen LogP contribution < -0.4 is 10.4 Å². The van der Waals surface area contributed by atoms with E-state index in [1.54, 1.807) is 0 Å². The summed E-state index contributed by atoms with van der Waals surface area (Å²) in [6.07, 6.45) is 0. The van der Waals surface area contributed by atoms with Gasteiger partial charge in [-0.2, -0.15) is 0 Å². The van der Waals surface area contributed by atoms with E-state index in [4.69, 9.17) is 4.98 Å². The van der Waals surface area contributed by atoms with Gasteiger partial charge in [0.15, 0.2) is 0 Å². The molecule has 3 heteroatoms. The summed E-state index contributed by atoms with van der Waals surface area (Å²) >= 11 is 0. The molecule has 1 aromatic heterocycles. The van der Waals surface area contributed by atoms with Crippen molar-refractivity contribution in [3.63, 3.8) is 0 Å². The monoisotopic (exact) mass is 427 g/mol. The molecule has 2 aromatic carbocycles. The predicted molar refractivity (Wildman–Crippen MR) is 139 cm³/mol. The standard InChI is InChI=1S/C27H33NSi2/c1-20(22-12-16-24(17-13-22)29(3,4)5)26-10-9-11-27(28-26)21(2)23-14-18-25(19-15-23)30(6,7)8/h9-19H,1-2H2,3-8H3. The number of rotatable bonds is 6. The Morgan fingerprint density at radius 3 is 1.20 bits per heavy atom. The molecule has 0 bridgehead atoms. The van der Waals surface area contributed by atoms with E-state index in [2.05, 4.69) is 101 Å². The van der Waals surface area contributed by atoms with Gasteiger partial charge in [-0.05, 0) is 23.3 Å². The van der Waals surface area contributed by atoms with Gasteiger partial charge in [0.05, 0.1) is 27.5 Å². The molecule has 0 aliphatic carbocycles. The maximum atomic E-state index is 4.89. The van der Waals surface area contributed by atoms with Crippen molar-refractivity contribution in [1.29, 1.82) is 0 Å². The van der Waals surface area contributed by atoms with Crippen LogP contribution >= 0.6 is 0 Å². The van der Waals surface area contributed by atoms with Gasteiger partial charge in [0.25, 0.3) is 0 Å². The van der Waals surface area contributed by atoms with Crippen molar-refractivity contribution in [1.82, 2.24) is 4.98 Å². The van der Waals surface area contributed by atoms with Crippen molar-refractivity contribution < 1.29 is 0 Å². The van der Waals surface area contributed by atoms with Crippen LogP contribution in [0.5, 0.6) is 0 Å². The van der Waals surface area contributed by atoms with E-state index in [-0.39, 0.29) is 0 Å². The molecular weight excluding hydrogens is 394 g/mol. The van der Waals surface area contributed by atoms with E-state index >= 15 is 0 Å². The Labute approximate surface area is 184 Å². The average molecular weight is 428 g/mol. The Morgan fingerprint density at radius 2 is 0.900 bits per heavy atom. The van der Waals surface area contributed by atoms with Crippen LogP contribution in [0, 0.1) is 0 Å². The fourth-order valence-electron chi connectivity index (χ4n) is 3.41. The lowest BCUT2D eigenvalue weighted by Crippen LogP contribution is -2.37. The summed E-state index contributed by atoms with van der Waals surface area (Å²) in [5.41, 5.74) is 5.92. The maximum absolute atomic E-state index is 4.89. The largest absolute Gasteiger partial charge is 0.248 e. The van der Waals surface area contributed by atoms with Gasteiger partial charge in [-0.25, -0.2) is 4.98 Å². The van der Waals surface area contributed by atoms with Crippen molar-refractivity contribution in [2.24, 2.45) is 0 Å². The first-order valence-corrected chi connectivity index (χ1v) is 17.5. The van der Waals surface area contributed by atoms with Crippen LogP contribution in [0.2, 0.25) is 39.3 Å². The number of hydrogen-bond acceptors (Lipinski definition) is 1. The first-order chi connectivity index (χ1) is 14.0. The zero-order valence-electron chi connectivity index (χ0n) is 19.2. The molecule has 3 rings (SSSR count). The summed E-state index contributed by atoms with van der Waals surface area (Å²) in [6, 6.07) is 23.8. The van der Waals surface area contributed by atoms with Gasteiger partial charge >= 0.3 is 0 Å². The van der Waals surface area contributed by atoms with Crippen LogP contribution in [-0.4, -0.2) is 21.1 Å². The summed E-state index contributed by atoms with van der Waals surface area (Å²) < 4.78 is 0. The van der Waals surface area contributed by atoms with Crippen molar-refractivity contribution in [2.75, 3.05) is 0 Å². The summed E-state index contributed by atoms with van der Waals surface area (Å²) in [6.45, 7) is 22.8. The molecule has 0 aliphatic heterocycles. The normalized spacial score (nSPS) is 11.9. The van der Waals surface area contributed by atoms with Crippen molar-refractivity contribution in [3.8, 4) is 0 Å². The molecule has 1 nitrogen and oxygen atoms in total. The highest BCUT2D eigenvalue weighted by Crippen LogP contribution is 2.24. The second-order valence-corrected chi connectivity index (χ2v) is 20.2. The van der Waals surface area contributed by atoms with Gasteiger partial charge in [-0.15, -0.1) is 0 Å². The molecule has 0 spiro atoms. The van der Waals surface area contributed by atoms with Gasteiger partial charge in [-0.1, -0.05) is 117 Å². The van der Waals surface area contributed by atoms with E-state index in [1.807, 2.05) is 18.2 Å². The lowest BCUT2D eigenvalue weighted by molar-refractivity contribution is 1.23. The lowest BCUT2D eigenvalue weighted by Gasteiger charge is -2.18. The third kappa shape index (κ3) is 4.97. The van der Waals surface area contributed by atoms with Crippen LogP contribution in [-0.2, 0) is 0 Å². The highest BCUT2D eigenvalue weighted by Gasteiger charge is 2.17. The van der Waals surface area contributed by atoms with Gasteiger partial charge < -0.3 is 0 Å². The summed E-state index contributed by atoms with van der Waals surface area (Å²) in [7, 11) is -2.60. The molecule has 3 aromatic rings. The highest BCUT2D eigenvalue weighted by molar-refractivity contribution is 6.89. The van der Waals surface area contributed by atoms with Crippen LogP contribution in [0.15, 0.2) is 79.9 Å². The Bertz CT molecular complexity index is 979. The number of nitrogens with zero attached hydrogens (tertiary/aromatic N) is 1. The molecule has 0 amide bonds. The van der Waals surface area contributed by atoms with Gasteiger partial charge in [0, 0.05) is 11.1 Å². The summed E-state index contributed by atoms with van der Waals surface area (Å²) in [4.78, 5) is 4.89. The van der Waals surface area contributed by atoms with Crippen LogP contribution in [0.25, 0.3) is 11.1 Å². The van der Waals surface area contributed by atoms with Gasteiger partial charge in [0.2, 0.25) is 0 Å². The molecule has 0 unspecified atom stereocenters. The maximum Gasteiger partial charge on any atom is 0.0775 e. The molecule has 0 N–H and O–H groups in total. The minimum Gasteiger partial charge on any atom is -0.248 e. The van der Waals surface area contributed by atoms with E-state index in [0.29, 0.717) is 0 Å². The molecule has 0 aliphatic rings. The smallest absolute Gasteiger partial charge is 0.0775 e. The molecule has 0 atom stereocenters. The molecule has 0 saturated carbocycles. The Hall–Kier alpha value is -2.50. The highest BCUT2D eigenvalue weighted by atomic mass is 28.3. The second-order valence-electron chi connectivity index (χ2n) is 10.0. The van der Waals surface area contributed by atoms with E-state index in [9.17, 15) is 0 Å². The third-order valence-corrected chi connectivity index (χ3v) is 9.70. The fourth-order valence-corrected chi connectivity index (χ4v) is 5.74. The van der Waals surface area contributed by atoms with Crippen molar-refractivity contribution >= 4 is 37.7 Å². The SMILES string of the molecule is C=C(c1ccc([Si](C)(C)C)cc1)c1cccc(C(=C)c2ccc([Si](C)(C)C)cc2)n1. The Morgan fingerprint density at radius 1 is 0.567 bits per heavy atom. The Balaban J connectivity index is 1.85. The summed E-state index contributed by atoms with van der Waals surface area (Å²) in [5.74, 6) is 0. The molecule has 1 heterocycles. The molecule has 0 saturated heterocycles. The lowest BCUT2D eigenvalue weighted by atomic mass is 10.0. The van der Waals surface area contributed by atoms with Crippen LogP contribution in [0.4, 0.5) is 0 Å². The molecular formula is C27H33NSi2. The minimum absolute atomic E-state index is 0.896. The quantitative estimate of drug-likeness (QED) is 0.421. The average Bonchev–Trinajstić information content (AvgIpc) is 2.71. The molecule has 0 fully saturated rings. The fraction of sp³-hybridized carbons (Fsp3) is 0.222.